The van der Waals surface area contributed by atoms with Gasteiger partial charge in [-0.3, -0.25) is 11.3 Å². The highest BCUT2D eigenvalue weighted by Crippen LogP contribution is 2.25. The number of hydrogen-bond acceptors (Lipinski definition) is 3. The standard InChI is InChI=1S/C14H23FN2O/c1-10-7-11(9-12(15)8-10)13(17-16)5-6-14(2,3)18-4/h7-9,13,17H,5-6,16H2,1-4H3. The maximum atomic E-state index is 13.4. The Bertz CT molecular complexity index is 373. The predicted molar refractivity (Wildman–Crippen MR) is 71.5 cm³/mol. The Balaban J connectivity index is 2.77. The van der Waals surface area contributed by atoms with Gasteiger partial charge < -0.3 is 4.74 Å². The summed E-state index contributed by atoms with van der Waals surface area (Å²) in [5, 5.41) is 0. The molecule has 1 aromatic carbocycles. The van der Waals surface area contributed by atoms with Crippen LogP contribution in [0.15, 0.2) is 18.2 Å². The Morgan fingerprint density at radius 3 is 2.56 bits per heavy atom. The van der Waals surface area contributed by atoms with Crippen LogP contribution >= 0.6 is 0 Å². The Kier molecular flexibility index (Phi) is 5.26. The zero-order valence-corrected chi connectivity index (χ0v) is 11.6. The quantitative estimate of drug-likeness (QED) is 0.606. The van der Waals surface area contributed by atoms with Crippen molar-refractivity contribution >= 4 is 0 Å². The summed E-state index contributed by atoms with van der Waals surface area (Å²) in [6.07, 6.45) is 1.63. The summed E-state index contributed by atoms with van der Waals surface area (Å²) in [5.41, 5.74) is 4.33. The second kappa shape index (κ2) is 6.27. The highest BCUT2D eigenvalue weighted by atomic mass is 19.1. The summed E-state index contributed by atoms with van der Waals surface area (Å²) in [6, 6.07) is 4.93. The van der Waals surface area contributed by atoms with E-state index in [2.05, 4.69) is 5.43 Å². The molecule has 1 unspecified atom stereocenters. The average molecular weight is 254 g/mol. The monoisotopic (exact) mass is 254 g/mol. The van der Waals surface area contributed by atoms with Crippen LogP contribution in [-0.4, -0.2) is 12.7 Å². The van der Waals surface area contributed by atoms with Gasteiger partial charge >= 0.3 is 0 Å². The van der Waals surface area contributed by atoms with E-state index in [0.717, 1.165) is 24.0 Å². The molecule has 0 aliphatic carbocycles. The molecule has 0 saturated carbocycles. The lowest BCUT2D eigenvalue weighted by atomic mass is 9.94. The summed E-state index contributed by atoms with van der Waals surface area (Å²) >= 11 is 0. The number of methoxy groups -OCH3 is 1. The van der Waals surface area contributed by atoms with Crippen molar-refractivity contribution in [2.45, 2.75) is 45.3 Å². The van der Waals surface area contributed by atoms with Crippen molar-refractivity contribution in [3.05, 3.63) is 35.1 Å². The highest BCUT2D eigenvalue weighted by Gasteiger charge is 2.20. The highest BCUT2D eigenvalue weighted by molar-refractivity contribution is 5.26. The van der Waals surface area contributed by atoms with Crippen molar-refractivity contribution in [2.24, 2.45) is 5.84 Å². The number of nitrogens with two attached hydrogens (primary N) is 1. The summed E-state index contributed by atoms with van der Waals surface area (Å²) < 4.78 is 18.7. The number of rotatable bonds is 6. The minimum Gasteiger partial charge on any atom is -0.379 e. The summed E-state index contributed by atoms with van der Waals surface area (Å²) in [5.74, 6) is 5.34. The number of ether oxygens (including phenoxy) is 1. The molecule has 1 atom stereocenters. The van der Waals surface area contributed by atoms with Gasteiger partial charge in [-0.2, -0.15) is 0 Å². The molecule has 102 valence electrons. The summed E-state index contributed by atoms with van der Waals surface area (Å²) in [6.45, 7) is 5.92. The van der Waals surface area contributed by atoms with Gasteiger partial charge in [0.25, 0.3) is 0 Å². The molecule has 4 heteroatoms. The second-order valence-electron chi connectivity index (χ2n) is 5.28. The zero-order valence-electron chi connectivity index (χ0n) is 11.6. The molecule has 3 N–H and O–H groups in total. The van der Waals surface area contributed by atoms with E-state index in [1.165, 1.54) is 12.1 Å². The first-order chi connectivity index (χ1) is 8.38. The molecule has 0 amide bonds. The van der Waals surface area contributed by atoms with Crippen molar-refractivity contribution in [2.75, 3.05) is 7.11 Å². The van der Waals surface area contributed by atoms with Gasteiger partial charge in [0.05, 0.1) is 5.60 Å². The molecule has 0 aliphatic rings. The van der Waals surface area contributed by atoms with E-state index < -0.39 is 0 Å². The van der Waals surface area contributed by atoms with E-state index in [4.69, 9.17) is 10.6 Å². The van der Waals surface area contributed by atoms with E-state index in [1.807, 2.05) is 26.8 Å². The Labute approximate surface area is 108 Å². The first-order valence-electron chi connectivity index (χ1n) is 6.16. The van der Waals surface area contributed by atoms with Gasteiger partial charge in [-0.15, -0.1) is 0 Å². The van der Waals surface area contributed by atoms with Crippen LogP contribution in [0.1, 0.15) is 43.9 Å². The van der Waals surface area contributed by atoms with E-state index in [9.17, 15) is 4.39 Å². The molecule has 0 bridgehead atoms. The fraction of sp³-hybridized carbons (Fsp3) is 0.571. The number of hydrogen-bond donors (Lipinski definition) is 2. The van der Waals surface area contributed by atoms with E-state index in [-0.39, 0.29) is 17.5 Å². The van der Waals surface area contributed by atoms with Gasteiger partial charge in [0.2, 0.25) is 0 Å². The molecular formula is C14H23FN2O. The van der Waals surface area contributed by atoms with Crippen LogP contribution in [0.2, 0.25) is 0 Å². The predicted octanol–water partition coefficient (Wildman–Crippen LogP) is 2.84. The lowest BCUT2D eigenvalue weighted by molar-refractivity contribution is 0.0117. The number of nitrogens with one attached hydrogen (secondary N) is 1. The van der Waals surface area contributed by atoms with E-state index in [1.54, 1.807) is 7.11 Å². The average Bonchev–Trinajstić information content (AvgIpc) is 2.28. The van der Waals surface area contributed by atoms with Gasteiger partial charge in [-0.05, 0) is 56.9 Å². The van der Waals surface area contributed by atoms with Crippen LogP contribution in [0.25, 0.3) is 0 Å². The molecule has 1 rings (SSSR count). The summed E-state index contributed by atoms with van der Waals surface area (Å²) in [4.78, 5) is 0. The van der Waals surface area contributed by atoms with Crippen LogP contribution in [0, 0.1) is 12.7 Å². The van der Waals surface area contributed by atoms with Crippen LogP contribution in [0.3, 0.4) is 0 Å². The molecule has 0 spiro atoms. The van der Waals surface area contributed by atoms with Gasteiger partial charge in [0, 0.05) is 13.2 Å². The third kappa shape index (κ3) is 4.37. The number of halogens is 1. The van der Waals surface area contributed by atoms with E-state index >= 15 is 0 Å². The number of aryl methyl sites for hydroxylation is 1. The third-order valence-electron chi connectivity index (χ3n) is 3.26. The first-order valence-corrected chi connectivity index (χ1v) is 6.16. The molecule has 0 heterocycles. The zero-order chi connectivity index (χ0) is 13.8. The molecule has 0 aromatic heterocycles. The minimum atomic E-state index is -0.226. The second-order valence-corrected chi connectivity index (χ2v) is 5.28. The van der Waals surface area contributed by atoms with Crippen molar-refractivity contribution in [1.82, 2.24) is 5.43 Å². The van der Waals surface area contributed by atoms with Crippen LogP contribution < -0.4 is 11.3 Å². The molecule has 0 saturated heterocycles. The van der Waals surface area contributed by atoms with E-state index in [0.29, 0.717) is 0 Å². The summed E-state index contributed by atoms with van der Waals surface area (Å²) in [7, 11) is 1.69. The van der Waals surface area contributed by atoms with Crippen molar-refractivity contribution < 1.29 is 9.13 Å². The molecule has 1 aromatic rings. The molecule has 3 nitrogen and oxygen atoms in total. The first kappa shape index (κ1) is 15.1. The van der Waals surface area contributed by atoms with Gasteiger partial charge in [-0.25, -0.2) is 4.39 Å². The lowest BCUT2D eigenvalue weighted by Crippen LogP contribution is -2.31. The fourth-order valence-electron chi connectivity index (χ4n) is 1.91. The Morgan fingerprint density at radius 2 is 2.06 bits per heavy atom. The largest absolute Gasteiger partial charge is 0.379 e. The SMILES string of the molecule is COC(C)(C)CCC(NN)c1cc(C)cc(F)c1. The molecule has 18 heavy (non-hydrogen) atoms. The maximum absolute atomic E-state index is 13.4. The van der Waals surface area contributed by atoms with Crippen molar-refractivity contribution in [1.29, 1.82) is 0 Å². The maximum Gasteiger partial charge on any atom is 0.123 e. The van der Waals surface area contributed by atoms with Crippen LogP contribution in [0.5, 0.6) is 0 Å². The van der Waals surface area contributed by atoms with Gasteiger partial charge in [0.15, 0.2) is 0 Å². The topological polar surface area (TPSA) is 47.3 Å². The molecular weight excluding hydrogens is 231 g/mol. The molecule has 0 aliphatic heterocycles. The molecule has 0 fully saturated rings. The number of hydrazine groups is 1. The number of benzene rings is 1. The van der Waals surface area contributed by atoms with Gasteiger partial charge in [-0.1, -0.05) is 6.07 Å². The Morgan fingerprint density at radius 1 is 1.39 bits per heavy atom. The lowest BCUT2D eigenvalue weighted by Gasteiger charge is -2.26. The van der Waals surface area contributed by atoms with Crippen LogP contribution in [-0.2, 0) is 4.74 Å². The molecule has 0 radical (unpaired) electrons. The van der Waals surface area contributed by atoms with Gasteiger partial charge in [0.1, 0.15) is 5.82 Å². The third-order valence-corrected chi connectivity index (χ3v) is 3.26. The van der Waals surface area contributed by atoms with Crippen molar-refractivity contribution in [3.63, 3.8) is 0 Å². The Hall–Kier alpha value is -0.970. The van der Waals surface area contributed by atoms with Crippen LogP contribution in [0.4, 0.5) is 4.39 Å². The van der Waals surface area contributed by atoms with Crippen molar-refractivity contribution in [3.8, 4) is 0 Å². The minimum absolute atomic E-state index is 0.0613. The normalized spacial score (nSPS) is 13.7. The smallest absolute Gasteiger partial charge is 0.123 e. The fourth-order valence-corrected chi connectivity index (χ4v) is 1.91.